The number of carbonyl (C=O) groups excluding carboxylic acids is 2. The van der Waals surface area contributed by atoms with Gasteiger partial charge in [-0.05, 0) is 67.8 Å². The molecule has 39 heavy (non-hydrogen) atoms. The summed E-state index contributed by atoms with van der Waals surface area (Å²) >= 11 is 6.37. The predicted octanol–water partition coefficient (Wildman–Crippen LogP) is 6.01. The Bertz CT molecular complexity index is 1460. The molecule has 204 valence electrons. The first kappa shape index (κ1) is 27.9. The maximum Gasteiger partial charge on any atom is 0.300 e. The fraction of sp³-hybridized carbons (Fsp3) is 0.267. The summed E-state index contributed by atoms with van der Waals surface area (Å²) in [7, 11) is 4.40. The van der Waals surface area contributed by atoms with Gasteiger partial charge in [-0.15, -0.1) is 0 Å². The number of halogens is 1. The van der Waals surface area contributed by atoms with E-state index in [9.17, 15) is 14.7 Å². The van der Waals surface area contributed by atoms with Gasteiger partial charge in [-0.3, -0.25) is 14.5 Å². The van der Waals surface area contributed by atoms with Gasteiger partial charge in [-0.2, -0.15) is 0 Å². The standard InChI is InChI=1S/C30H30ClNO7/c1-7-39-25-13-18(8-9-22(25)36-4)27-26(28(33)20-14-21(31)24(38-6)15-23(20)37-5)29(34)30(35)32(27)19-11-16(2)10-17(3)12-19/h8-15,27,33H,7H2,1-6H3/b28-26+. The third-order valence-electron chi connectivity index (χ3n) is 6.46. The van der Waals surface area contributed by atoms with Gasteiger partial charge < -0.3 is 24.1 Å². The Kier molecular flexibility index (Phi) is 8.06. The molecular weight excluding hydrogens is 522 g/mol. The van der Waals surface area contributed by atoms with Gasteiger partial charge in [0.25, 0.3) is 11.7 Å². The Morgan fingerprint density at radius 1 is 0.872 bits per heavy atom. The molecule has 3 aromatic carbocycles. The Morgan fingerprint density at radius 3 is 2.10 bits per heavy atom. The van der Waals surface area contributed by atoms with Crippen LogP contribution in [-0.4, -0.2) is 44.7 Å². The smallest absolute Gasteiger partial charge is 0.300 e. The Labute approximate surface area is 232 Å². The number of ether oxygens (including phenoxy) is 4. The van der Waals surface area contributed by atoms with Crippen molar-refractivity contribution in [1.29, 1.82) is 0 Å². The number of aliphatic hydroxyl groups excluding tert-OH is 1. The third kappa shape index (κ3) is 5.12. The molecular formula is C30H30ClNO7. The monoisotopic (exact) mass is 551 g/mol. The van der Waals surface area contributed by atoms with Crippen molar-refractivity contribution in [2.24, 2.45) is 0 Å². The quantitative estimate of drug-likeness (QED) is 0.208. The molecule has 0 radical (unpaired) electrons. The van der Waals surface area contributed by atoms with Crippen molar-refractivity contribution >= 4 is 34.7 Å². The lowest BCUT2D eigenvalue weighted by Gasteiger charge is -2.27. The average Bonchev–Trinajstić information content (AvgIpc) is 3.17. The van der Waals surface area contributed by atoms with Crippen molar-refractivity contribution in [3.8, 4) is 23.0 Å². The van der Waals surface area contributed by atoms with Crippen molar-refractivity contribution in [3.63, 3.8) is 0 Å². The molecule has 0 aliphatic carbocycles. The zero-order valence-corrected chi connectivity index (χ0v) is 23.4. The number of rotatable bonds is 8. The topological polar surface area (TPSA) is 94.5 Å². The lowest BCUT2D eigenvalue weighted by atomic mass is 9.94. The van der Waals surface area contributed by atoms with Gasteiger partial charge in [0.05, 0.1) is 50.1 Å². The third-order valence-corrected chi connectivity index (χ3v) is 6.76. The van der Waals surface area contributed by atoms with Gasteiger partial charge in [-0.25, -0.2) is 0 Å². The average molecular weight is 552 g/mol. The van der Waals surface area contributed by atoms with Crippen LogP contribution < -0.4 is 23.8 Å². The van der Waals surface area contributed by atoms with E-state index in [0.717, 1.165) is 11.1 Å². The second kappa shape index (κ2) is 11.3. The van der Waals surface area contributed by atoms with Crippen molar-refractivity contribution in [3.05, 3.63) is 81.4 Å². The van der Waals surface area contributed by atoms with Gasteiger partial charge >= 0.3 is 0 Å². The van der Waals surface area contributed by atoms with Crippen LogP contribution in [0.4, 0.5) is 5.69 Å². The van der Waals surface area contributed by atoms with Crippen LogP contribution in [-0.2, 0) is 9.59 Å². The van der Waals surface area contributed by atoms with Gasteiger partial charge in [0.15, 0.2) is 11.5 Å². The lowest BCUT2D eigenvalue weighted by molar-refractivity contribution is -0.132. The van der Waals surface area contributed by atoms with Crippen LogP contribution in [0.1, 0.15) is 35.2 Å². The van der Waals surface area contributed by atoms with E-state index in [2.05, 4.69) is 0 Å². The SMILES string of the molecule is CCOc1cc(C2/C(=C(\O)c3cc(Cl)c(OC)cc3OC)C(=O)C(=O)N2c2cc(C)cc(C)c2)ccc1OC. The molecule has 1 aliphatic heterocycles. The number of Topliss-reactive ketones (excluding diaryl/α,β-unsaturated/α-hetero) is 1. The first-order chi connectivity index (χ1) is 18.6. The summed E-state index contributed by atoms with van der Waals surface area (Å²) in [4.78, 5) is 28.6. The molecule has 1 N–H and O–H groups in total. The molecule has 0 aromatic heterocycles. The molecule has 1 amide bonds. The highest BCUT2D eigenvalue weighted by Crippen LogP contribution is 2.46. The van der Waals surface area contributed by atoms with Gasteiger partial charge in [0.2, 0.25) is 0 Å². The molecule has 1 aliphatic rings. The highest BCUT2D eigenvalue weighted by atomic mass is 35.5. The zero-order chi connectivity index (χ0) is 28.4. The van der Waals surface area contributed by atoms with Crippen LogP contribution in [0.2, 0.25) is 5.02 Å². The number of benzene rings is 3. The van der Waals surface area contributed by atoms with E-state index in [4.69, 9.17) is 30.5 Å². The van der Waals surface area contributed by atoms with Crippen molar-refractivity contribution in [2.45, 2.75) is 26.8 Å². The Morgan fingerprint density at radius 2 is 1.51 bits per heavy atom. The van der Waals surface area contributed by atoms with Crippen molar-refractivity contribution in [1.82, 2.24) is 0 Å². The van der Waals surface area contributed by atoms with Gasteiger partial charge in [0.1, 0.15) is 17.3 Å². The van der Waals surface area contributed by atoms with E-state index in [1.54, 1.807) is 18.2 Å². The van der Waals surface area contributed by atoms with Crippen LogP contribution in [0.3, 0.4) is 0 Å². The number of anilines is 1. The summed E-state index contributed by atoms with van der Waals surface area (Å²) in [6, 6.07) is 12.7. The molecule has 0 saturated carbocycles. The van der Waals surface area contributed by atoms with Gasteiger partial charge in [0, 0.05) is 11.8 Å². The summed E-state index contributed by atoms with van der Waals surface area (Å²) in [5.41, 5.74) is 2.92. The van der Waals surface area contributed by atoms with Crippen molar-refractivity contribution < 1.29 is 33.6 Å². The molecule has 3 aromatic rings. The predicted molar refractivity (Wildman–Crippen MR) is 149 cm³/mol. The normalized spacial score (nSPS) is 16.4. The molecule has 9 heteroatoms. The van der Waals surface area contributed by atoms with Crippen LogP contribution >= 0.6 is 11.6 Å². The zero-order valence-electron chi connectivity index (χ0n) is 22.6. The molecule has 0 bridgehead atoms. The van der Waals surface area contributed by atoms with Gasteiger partial charge in [-0.1, -0.05) is 23.7 Å². The van der Waals surface area contributed by atoms with Crippen LogP contribution in [0.5, 0.6) is 23.0 Å². The molecule has 1 fully saturated rings. The first-order valence-electron chi connectivity index (χ1n) is 12.3. The number of methoxy groups -OCH3 is 3. The first-order valence-corrected chi connectivity index (χ1v) is 12.6. The highest BCUT2D eigenvalue weighted by Gasteiger charge is 2.47. The molecule has 1 heterocycles. The Balaban J connectivity index is 2.03. The number of ketones is 1. The second-order valence-electron chi connectivity index (χ2n) is 9.05. The van der Waals surface area contributed by atoms with E-state index in [1.807, 2.05) is 39.0 Å². The maximum atomic E-state index is 13.6. The molecule has 1 saturated heterocycles. The van der Waals surface area contributed by atoms with E-state index < -0.39 is 23.5 Å². The molecule has 8 nitrogen and oxygen atoms in total. The van der Waals surface area contributed by atoms with Crippen LogP contribution in [0, 0.1) is 13.8 Å². The summed E-state index contributed by atoms with van der Waals surface area (Å²) in [6.45, 7) is 6.03. The highest BCUT2D eigenvalue weighted by molar-refractivity contribution is 6.51. The number of aliphatic hydroxyl groups is 1. The fourth-order valence-electron chi connectivity index (χ4n) is 4.83. The van der Waals surface area contributed by atoms with E-state index in [-0.39, 0.29) is 21.9 Å². The second-order valence-corrected chi connectivity index (χ2v) is 9.45. The minimum Gasteiger partial charge on any atom is -0.507 e. The molecule has 0 spiro atoms. The number of hydrogen-bond acceptors (Lipinski definition) is 7. The number of nitrogens with zero attached hydrogens (tertiary/aromatic N) is 1. The van der Waals surface area contributed by atoms with Crippen LogP contribution in [0.15, 0.2) is 54.1 Å². The fourth-order valence-corrected chi connectivity index (χ4v) is 5.07. The largest absolute Gasteiger partial charge is 0.507 e. The number of aryl methyl sites for hydroxylation is 2. The number of hydrogen-bond donors (Lipinski definition) is 1. The Hall–Kier alpha value is -4.17. The molecule has 1 atom stereocenters. The maximum absolute atomic E-state index is 13.6. The summed E-state index contributed by atoms with van der Waals surface area (Å²) in [5.74, 6) is -0.580. The minimum atomic E-state index is -0.984. The molecule has 1 unspecified atom stereocenters. The lowest BCUT2D eigenvalue weighted by Crippen LogP contribution is -2.29. The van der Waals surface area contributed by atoms with E-state index >= 15 is 0 Å². The summed E-state index contributed by atoms with van der Waals surface area (Å²) < 4.78 is 21.9. The van der Waals surface area contributed by atoms with E-state index in [1.165, 1.54) is 38.4 Å². The van der Waals surface area contributed by atoms with Crippen molar-refractivity contribution in [2.75, 3.05) is 32.8 Å². The number of carbonyl (C=O) groups is 2. The van der Waals surface area contributed by atoms with E-state index in [0.29, 0.717) is 35.1 Å². The van der Waals surface area contributed by atoms with Crippen LogP contribution in [0.25, 0.3) is 5.76 Å². The summed E-state index contributed by atoms with van der Waals surface area (Å²) in [6.07, 6.45) is 0. The number of amides is 1. The summed E-state index contributed by atoms with van der Waals surface area (Å²) in [5, 5.41) is 11.8. The minimum absolute atomic E-state index is 0.119. The molecule has 4 rings (SSSR count).